The Morgan fingerprint density at radius 3 is 2.37 bits per heavy atom. The van der Waals surface area contributed by atoms with Crippen molar-refractivity contribution in [3.05, 3.63) is 11.5 Å². The van der Waals surface area contributed by atoms with Gasteiger partial charge in [0.05, 0.1) is 0 Å². The van der Waals surface area contributed by atoms with Gasteiger partial charge < -0.3 is 22.6 Å². The van der Waals surface area contributed by atoms with Crippen LogP contribution in [0, 0.1) is 0 Å². The molecule has 0 N–H and O–H groups in total. The molecule has 0 aromatic carbocycles. The van der Waals surface area contributed by atoms with E-state index in [2.05, 4.69) is 0 Å². The van der Waals surface area contributed by atoms with Crippen LogP contribution in [0.25, 0.3) is 0 Å². The second-order valence-corrected chi connectivity index (χ2v) is 5.61. The molecular formula is C11H18BF3KNO2. The number of nitrogens with zero attached hydrogens (tertiary/aromatic N) is 1. The van der Waals surface area contributed by atoms with E-state index in [-0.39, 0.29) is 76.0 Å². The third-order valence-electron chi connectivity index (χ3n) is 2.52. The van der Waals surface area contributed by atoms with Crippen LogP contribution in [0.15, 0.2) is 11.5 Å². The number of amides is 1. The number of halogens is 3. The first kappa shape index (κ1) is 19.5. The monoisotopic (exact) mass is 303 g/mol. The number of hydrogen-bond acceptors (Lipinski definition) is 2. The summed E-state index contributed by atoms with van der Waals surface area (Å²) in [6, 6.07) is -0.260. The molecule has 3 nitrogen and oxygen atoms in total. The largest absolute Gasteiger partial charge is 1.00 e. The third kappa shape index (κ3) is 7.17. The fraction of sp³-hybridized carbons (Fsp3) is 0.727. The molecule has 0 saturated carbocycles. The molecule has 0 bridgehead atoms. The first-order valence-electron chi connectivity index (χ1n) is 5.88. The molecule has 1 heterocycles. The average Bonchev–Trinajstić information content (AvgIpc) is 2.39. The average molecular weight is 303 g/mol. The second kappa shape index (κ2) is 6.98. The van der Waals surface area contributed by atoms with E-state index in [0.29, 0.717) is 5.98 Å². The van der Waals surface area contributed by atoms with Gasteiger partial charge in [0.1, 0.15) is 5.60 Å². The van der Waals surface area contributed by atoms with Crippen molar-refractivity contribution in [2.45, 2.75) is 45.8 Å². The molecule has 1 fully saturated rings. The Balaban J connectivity index is 0.00000324. The molecule has 1 unspecified atom stereocenters. The normalized spacial score (nSPS) is 22.4. The molecule has 104 valence electrons. The molecule has 1 aliphatic rings. The summed E-state index contributed by atoms with van der Waals surface area (Å²) in [5, 5.41) is 0. The van der Waals surface area contributed by atoms with E-state index in [0.717, 1.165) is 0 Å². The molecule has 1 rings (SSSR count). The SMILES string of the molecule is CC1C/C(=C\[B-](F)(F)F)CN1C(=O)OC(C)(C)C.[K+]. The summed E-state index contributed by atoms with van der Waals surface area (Å²) in [5.41, 5.74) is -0.405. The molecule has 1 aliphatic heterocycles. The van der Waals surface area contributed by atoms with Gasteiger partial charge in [0.2, 0.25) is 0 Å². The standard InChI is InChI=1S/C11H18BF3NO2.K/c1-8-5-9(6-12(13,14)15)7-16(8)10(17)18-11(2,3)4;/h6,8H,5,7H2,1-4H3;/q-1;+1/b9-6+;. The van der Waals surface area contributed by atoms with E-state index in [1.165, 1.54) is 4.90 Å². The third-order valence-corrected chi connectivity index (χ3v) is 2.52. The maximum atomic E-state index is 12.3. The van der Waals surface area contributed by atoms with Crippen molar-refractivity contribution in [2.75, 3.05) is 6.54 Å². The minimum Gasteiger partial charge on any atom is -0.445 e. The van der Waals surface area contributed by atoms with E-state index in [1.807, 2.05) is 0 Å². The van der Waals surface area contributed by atoms with Gasteiger partial charge in [0.15, 0.2) is 0 Å². The summed E-state index contributed by atoms with van der Waals surface area (Å²) >= 11 is 0. The van der Waals surface area contributed by atoms with Crippen LogP contribution in [0.5, 0.6) is 0 Å². The first-order valence-corrected chi connectivity index (χ1v) is 5.88. The maximum absolute atomic E-state index is 12.3. The summed E-state index contributed by atoms with van der Waals surface area (Å²) in [4.78, 5) is 13.1. The van der Waals surface area contributed by atoms with Crippen molar-refractivity contribution < 1.29 is 73.9 Å². The van der Waals surface area contributed by atoms with E-state index in [1.54, 1.807) is 27.7 Å². The van der Waals surface area contributed by atoms with Crippen molar-refractivity contribution in [1.82, 2.24) is 4.90 Å². The van der Waals surface area contributed by atoms with Gasteiger partial charge in [0, 0.05) is 12.6 Å². The van der Waals surface area contributed by atoms with Crippen LogP contribution in [-0.4, -0.2) is 36.2 Å². The number of ether oxygens (including phenoxy) is 1. The van der Waals surface area contributed by atoms with Crippen LogP contribution in [0.1, 0.15) is 34.1 Å². The predicted molar refractivity (Wildman–Crippen MR) is 64.2 cm³/mol. The smallest absolute Gasteiger partial charge is 0.445 e. The summed E-state index contributed by atoms with van der Waals surface area (Å²) in [6.45, 7) is 1.93. The first-order chi connectivity index (χ1) is 7.98. The molecule has 0 spiro atoms. The Bertz CT molecular complexity index is 366. The zero-order valence-electron chi connectivity index (χ0n) is 12.0. The molecule has 8 heteroatoms. The van der Waals surface area contributed by atoms with Gasteiger partial charge >= 0.3 is 64.5 Å². The quantitative estimate of drug-likeness (QED) is 0.654. The fourth-order valence-corrected chi connectivity index (χ4v) is 1.88. The van der Waals surface area contributed by atoms with Crippen LogP contribution in [0.2, 0.25) is 0 Å². The minimum atomic E-state index is -4.95. The molecule has 1 atom stereocenters. The molecule has 0 aromatic rings. The molecule has 0 aromatic heterocycles. The summed E-state index contributed by atoms with van der Waals surface area (Å²) < 4.78 is 42.0. The summed E-state index contributed by atoms with van der Waals surface area (Å²) in [7, 11) is 0. The van der Waals surface area contributed by atoms with Crippen molar-refractivity contribution in [1.29, 1.82) is 0 Å². The van der Waals surface area contributed by atoms with E-state index < -0.39 is 18.7 Å². The number of rotatable bonds is 1. The van der Waals surface area contributed by atoms with Gasteiger partial charge in [-0.15, -0.1) is 5.98 Å². The van der Waals surface area contributed by atoms with Crippen molar-refractivity contribution in [2.24, 2.45) is 0 Å². The fourth-order valence-electron chi connectivity index (χ4n) is 1.88. The Labute approximate surface area is 154 Å². The minimum absolute atomic E-state index is 0. The predicted octanol–water partition coefficient (Wildman–Crippen LogP) is 0.333. The zero-order chi connectivity index (χ0) is 14.1. The molecule has 0 radical (unpaired) electrons. The van der Waals surface area contributed by atoms with E-state index in [9.17, 15) is 17.7 Å². The zero-order valence-corrected chi connectivity index (χ0v) is 15.2. The topological polar surface area (TPSA) is 29.5 Å². The van der Waals surface area contributed by atoms with Crippen LogP contribution in [0.4, 0.5) is 17.7 Å². The number of carbonyl (C=O) groups is 1. The molecule has 1 amide bonds. The van der Waals surface area contributed by atoms with Crippen molar-refractivity contribution in [3.63, 3.8) is 0 Å². The van der Waals surface area contributed by atoms with Gasteiger partial charge in [0.25, 0.3) is 0 Å². The Hall–Kier alpha value is 0.501. The Kier molecular flexibility index (Phi) is 7.16. The molecule has 1 saturated heterocycles. The van der Waals surface area contributed by atoms with Crippen LogP contribution < -0.4 is 51.4 Å². The van der Waals surface area contributed by atoms with Gasteiger partial charge in [-0.05, 0) is 34.1 Å². The van der Waals surface area contributed by atoms with Gasteiger partial charge in [-0.1, -0.05) is 5.57 Å². The molecular weight excluding hydrogens is 285 g/mol. The second-order valence-electron chi connectivity index (χ2n) is 5.61. The van der Waals surface area contributed by atoms with Crippen molar-refractivity contribution in [3.8, 4) is 0 Å². The van der Waals surface area contributed by atoms with E-state index in [4.69, 9.17) is 4.74 Å². The van der Waals surface area contributed by atoms with Crippen LogP contribution in [0.3, 0.4) is 0 Å². The van der Waals surface area contributed by atoms with Crippen LogP contribution in [-0.2, 0) is 4.74 Å². The summed E-state index contributed by atoms with van der Waals surface area (Å²) in [6.07, 6.45) is -0.311. The number of likely N-dealkylation sites (tertiary alicyclic amines) is 1. The molecule has 19 heavy (non-hydrogen) atoms. The molecule has 0 aliphatic carbocycles. The Morgan fingerprint density at radius 1 is 1.42 bits per heavy atom. The maximum Gasteiger partial charge on any atom is 1.00 e. The number of carbonyl (C=O) groups excluding carboxylic acids is 1. The summed E-state index contributed by atoms with van der Waals surface area (Å²) in [5.74, 6) is 0.334. The van der Waals surface area contributed by atoms with Gasteiger partial charge in [-0.25, -0.2) is 4.79 Å². The van der Waals surface area contributed by atoms with Crippen molar-refractivity contribution >= 4 is 13.1 Å². The van der Waals surface area contributed by atoms with Crippen LogP contribution >= 0.6 is 0 Å². The van der Waals surface area contributed by atoms with Gasteiger partial charge in [-0.3, -0.25) is 0 Å². The van der Waals surface area contributed by atoms with Gasteiger partial charge in [-0.2, -0.15) is 0 Å². The van der Waals surface area contributed by atoms with E-state index >= 15 is 0 Å². The number of hydrogen-bond donors (Lipinski definition) is 0. The Morgan fingerprint density at radius 2 is 1.95 bits per heavy atom.